The van der Waals surface area contributed by atoms with E-state index >= 15 is 0 Å². The van der Waals surface area contributed by atoms with Crippen LogP contribution in [0.2, 0.25) is 0 Å². The zero-order valence-corrected chi connectivity index (χ0v) is 23.5. The van der Waals surface area contributed by atoms with E-state index in [1.807, 2.05) is 0 Å². The molecule has 2 aliphatic rings. The van der Waals surface area contributed by atoms with E-state index in [0.717, 1.165) is 6.54 Å². The minimum Gasteiger partial charge on any atom is -0.383 e. The molecule has 3 nitrogen and oxygen atoms in total. The predicted molar refractivity (Wildman–Crippen MR) is 162 cm³/mol. The highest BCUT2D eigenvalue weighted by Gasteiger charge is 2.42. The molecule has 0 fully saturated rings. The van der Waals surface area contributed by atoms with Crippen LogP contribution in [0.5, 0.6) is 0 Å². The molecule has 0 saturated carbocycles. The highest BCUT2D eigenvalue weighted by molar-refractivity contribution is 6.03. The molecule has 3 aromatic carbocycles. The number of hydrogen-bond acceptors (Lipinski definition) is 2. The number of anilines is 1. The second-order valence-electron chi connectivity index (χ2n) is 11.2. The Bertz CT molecular complexity index is 1510. The molecule has 2 heterocycles. The van der Waals surface area contributed by atoms with Gasteiger partial charge in [0.2, 0.25) is 5.69 Å². The fourth-order valence-electron chi connectivity index (χ4n) is 6.25. The lowest BCUT2D eigenvalue weighted by Gasteiger charge is -2.26. The third-order valence-corrected chi connectivity index (χ3v) is 8.17. The summed E-state index contributed by atoms with van der Waals surface area (Å²) in [6.45, 7) is 10.8. The smallest absolute Gasteiger partial charge is 0.209 e. The molecule has 0 bridgehead atoms. The van der Waals surface area contributed by atoms with Crippen LogP contribution in [0.3, 0.4) is 0 Å². The zero-order valence-electron chi connectivity index (χ0n) is 23.5. The highest BCUT2D eigenvalue weighted by atomic mass is 16.5. The van der Waals surface area contributed by atoms with Crippen molar-refractivity contribution in [1.29, 1.82) is 0 Å². The van der Waals surface area contributed by atoms with E-state index in [4.69, 9.17) is 4.74 Å². The van der Waals surface area contributed by atoms with Gasteiger partial charge in [-0.05, 0) is 42.3 Å². The largest absolute Gasteiger partial charge is 0.383 e. The quantitative estimate of drug-likeness (QED) is 0.241. The van der Waals surface area contributed by atoms with Crippen LogP contribution in [-0.4, -0.2) is 37.6 Å². The monoisotopic (exact) mass is 503 g/mol. The Kier molecular flexibility index (Phi) is 6.98. The van der Waals surface area contributed by atoms with Gasteiger partial charge >= 0.3 is 0 Å². The molecule has 0 unspecified atom stereocenters. The van der Waals surface area contributed by atoms with Crippen molar-refractivity contribution in [3.63, 3.8) is 0 Å². The van der Waals surface area contributed by atoms with Gasteiger partial charge in [-0.15, -0.1) is 0 Å². The molecule has 2 aliphatic heterocycles. The molecule has 0 aromatic heterocycles. The Balaban J connectivity index is 1.37. The molecule has 194 valence electrons. The standard InChI is InChI=1S/C35H39N2O/c1-34(2)28-18-14-15-19-29(28)36(5)31(34)20-10-8-7-9-11-21-32-35(3,4)33-27-17-13-12-16-26(27)22-23-30(33)37(32)24-25-38-6/h7-23H,24-25H2,1-6H3/q+1. The van der Waals surface area contributed by atoms with Crippen molar-refractivity contribution in [2.24, 2.45) is 0 Å². The lowest BCUT2D eigenvalue weighted by atomic mass is 9.81. The minimum atomic E-state index is -0.109. The van der Waals surface area contributed by atoms with E-state index in [9.17, 15) is 0 Å². The molecule has 0 radical (unpaired) electrons. The first-order chi connectivity index (χ1) is 18.3. The van der Waals surface area contributed by atoms with Gasteiger partial charge in [0.05, 0.1) is 12.0 Å². The summed E-state index contributed by atoms with van der Waals surface area (Å²) in [7, 11) is 3.93. The maximum atomic E-state index is 5.47. The molecule has 0 N–H and O–H groups in total. The van der Waals surface area contributed by atoms with Crippen molar-refractivity contribution < 1.29 is 9.31 Å². The molecule has 5 rings (SSSR count). The topological polar surface area (TPSA) is 15.5 Å². The second kappa shape index (κ2) is 10.2. The maximum absolute atomic E-state index is 5.47. The number of hydrogen-bond donors (Lipinski definition) is 0. The summed E-state index contributed by atoms with van der Waals surface area (Å²) in [4.78, 5) is 2.42. The van der Waals surface area contributed by atoms with Gasteiger partial charge < -0.3 is 9.64 Å². The molecule has 3 heteroatoms. The number of benzene rings is 3. The van der Waals surface area contributed by atoms with E-state index in [-0.39, 0.29) is 10.8 Å². The lowest BCUT2D eigenvalue weighted by Crippen LogP contribution is -2.28. The zero-order chi connectivity index (χ0) is 26.9. The van der Waals surface area contributed by atoms with E-state index in [2.05, 4.69) is 147 Å². The van der Waals surface area contributed by atoms with Crippen molar-refractivity contribution in [1.82, 2.24) is 0 Å². The van der Waals surface area contributed by atoms with Crippen molar-refractivity contribution in [3.8, 4) is 0 Å². The van der Waals surface area contributed by atoms with Gasteiger partial charge in [-0.1, -0.05) is 92.8 Å². The summed E-state index contributed by atoms with van der Waals surface area (Å²) in [6, 6.07) is 21.9. The van der Waals surface area contributed by atoms with Crippen LogP contribution >= 0.6 is 0 Å². The van der Waals surface area contributed by atoms with Gasteiger partial charge in [0.1, 0.15) is 7.05 Å². The van der Waals surface area contributed by atoms with Crippen LogP contribution in [0, 0.1) is 0 Å². The molecule has 0 spiro atoms. The summed E-state index contributed by atoms with van der Waals surface area (Å²) in [5.41, 5.74) is 7.83. The average Bonchev–Trinajstić information content (AvgIpc) is 3.25. The average molecular weight is 504 g/mol. The number of allylic oxidation sites excluding steroid dienone is 8. The minimum absolute atomic E-state index is 0.00512. The fraction of sp³-hybridized carbons (Fsp3) is 0.286. The summed E-state index contributed by atoms with van der Waals surface area (Å²) in [5, 5.41) is 2.61. The maximum Gasteiger partial charge on any atom is 0.209 e. The number of nitrogens with zero attached hydrogens (tertiary/aromatic N) is 2. The van der Waals surface area contributed by atoms with Crippen LogP contribution in [0.15, 0.2) is 109 Å². The first-order valence-corrected chi connectivity index (χ1v) is 13.5. The van der Waals surface area contributed by atoms with E-state index < -0.39 is 0 Å². The highest BCUT2D eigenvalue weighted by Crippen LogP contribution is 2.50. The Morgan fingerprint density at radius 1 is 0.816 bits per heavy atom. The Hall–Kier alpha value is -3.69. The van der Waals surface area contributed by atoms with Gasteiger partial charge in [-0.25, -0.2) is 0 Å². The molecule has 3 aromatic rings. The fourth-order valence-corrected chi connectivity index (χ4v) is 6.25. The predicted octanol–water partition coefficient (Wildman–Crippen LogP) is 7.84. The number of fused-ring (bicyclic) bond motifs is 4. The lowest BCUT2D eigenvalue weighted by molar-refractivity contribution is -0.401. The summed E-state index contributed by atoms with van der Waals surface area (Å²) in [5.74, 6) is 0. The SMILES string of the molecule is COCCN1C(=CC=CC=CC=CC2=[N+](C)c3ccccc3C2(C)C)C(C)(C)c2c1ccc1ccccc21. The van der Waals surface area contributed by atoms with Crippen LogP contribution in [0.25, 0.3) is 10.8 Å². The third kappa shape index (κ3) is 4.35. The van der Waals surface area contributed by atoms with Crippen molar-refractivity contribution >= 4 is 27.9 Å². The molecular formula is C35H39N2O+. The van der Waals surface area contributed by atoms with E-state index in [1.165, 1.54) is 44.7 Å². The van der Waals surface area contributed by atoms with Crippen molar-refractivity contribution in [3.05, 3.63) is 120 Å². The number of ether oxygens (including phenoxy) is 1. The molecular weight excluding hydrogens is 464 g/mol. The van der Waals surface area contributed by atoms with E-state index in [0.29, 0.717) is 6.61 Å². The Labute approximate surface area is 227 Å². The summed E-state index contributed by atoms with van der Waals surface area (Å²) >= 11 is 0. The van der Waals surface area contributed by atoms with Gasteiger partial charge in [-0.2, -0.15) is 4.58 Å². The Morgan fingerprint density at radius 3 is 2.32 bits per heavy atom. The van der Waals surface area contributed by atoms with Crippen LogP contribution in [0.1, 0.15) is 38.8 Å². The molecule has 38 heavy (non-hydrogen) atoms. The molecule has 0 saturated heterocycles. The third-order valence-electron chi connectivity index (χ3n) is 8.17. The van der Waals surface area contributed by atoms with Gasteiger partial charge in [-0.3, -0.25) is 0 Å². The molecule has 0 amide bonds. The second-order valence-corrected chi connectivity index (χ2v) is 11.2. The Morgan fingerprint density at radius 2 is 1.53 bits per heavy atom. The van der Waals surface area contributed by atoms with Gasteiger partial charge in [0, 0.05) is 48.2 Å². The van der Waals surface area contributed by atoms with Crippen molar-refractivity contribution in [2.45, 2.75) is 38.5 Å². The van der Waals surface area contributed by atoms with Crippen LogP contribution in [-0.2, 0) is 15.6 Å². The normalized spacial score (nSPS) is 19.1. The first kappa shape index (κ1) is 25.9. The van der Waals surface area contributed by atoms with Gasteiger partial charge in [0.25, 0.3) is 0 Å². The molecule has 0 atom stereocenters. The van der Waals surface area contributed by atoms with Crippen molar-refractivity contribution in [2.75, 3.05) is 32.2 Å². The number of rotatable bonds is 7. The first-order valence-electron chi connectivity index (χ1n) is 13.5. The van der Waals surface area contributed by atoms with Crippen LogP contribution < -0.4 is 4.90 Å². The summed E-state index contributed by atoms with van der Waals surface area (Å²) < 4.78 is 7.77. The number of para-hydroxylation sites is 1. The number of methoxy groups -OCH3 is 1. The van der Waals surface area contributed by atoms with E-state index in [1.54, 1.807) is 7.11 Å². The van der Waals surface area contributed by atoms with Crippen LogP contribution in [0.4, 0.5) is 11.4 Å². The van der Waals surface area contributed by atoms with Gasteiger partial charge in [0.15, 0.2) is 5.71 Å². The summed E-state index contributed by atoms with van der Waals surface area (Å²) in [6.07, 6.45) is 15.1. The molecule has 0 aliphatic carbocycles.